The molecule has 1 unspecified atom stereocenters. The summed E-state index contributed by atoms with van der Waals surface area (Å²) in [6.45, 7) is 2.35. The second kappa shape index (κ2) is 7.50. The maximum Gasteiger partial charge on any atom is 0.259 e. The highest BCUT2D eigenvalue weighted by molar-refractivity contribution is 5.83. The van der Waals surface area contributed by atoms with E-state index in [0.29, 0.717) is 24.7 Å². The van der Waals surface area contributed by atoms with E-state index in [-0.39, 0.29) is 11.8 Å². The van der Waals surface area contributed by atoms with Gasteiger partial charge in [-0.05, 0) is 24.6 Å². The summed E-state index contributed by atoms with van der Waals surface area (Å²) in [4.78, 5) is 20.5. The predicted molar refractivity (Wildman–Crippen MR) is 89.1 cm³/mol. The quantitative estimate of drug-likeness (QED) is 0.754. The molecule has 0 bridgehead atoms. The van der Waals surface area contributed by atoms with Crippen LogP contribution in [0.25, 0.3) is 11.5 Å². The molecule has 1 N–H and O–H groups in total. The maximum atomic E-state index is 12.2. The molecule has 0 radical (unpaired) electrons. The van der Waals surface area contributed by atoms with Gasteiger partial charge in [0, 0.05) is 25.4 Å². The average molecular weight is 322 g/mol. The van der Waals surface area contributed by atoms with Crippen molar-refractivity contribution in [1.82, 2.24) is 20.4 Å². The van der Waals surface area contributed by atoms with Crippen LogP contribution in [-0.2, 0) is 11.2 Å². The number of carbonyl (C=O) groups excluding carboxylic acids is 1. The molecule has 1 amide bonds. The van der Waals surface area contributed by atoms with Crippen molar-refractivity contribution in [1.29, 1.82) is 0 Å². The summed E-state index contributed by atoms with van der Waals surface area (Å²) < 4.78 is 5.21. The molecular weight excluding hydrogens is 304 g/mol. The molecule has 0 saturated carbocycles. The molecule has 24 heavy (non-hydrogen) atoms. The van der Waals surface area contributed by atoms with Gasteiger partial charge in [0.05, 0.1) is 11.5 Å². The Morgan fingerprint density at radius 3 is 2.79 bits per heavy atom. The number of hydrogen-bond donors (Lipinski definition) is 1. The van der Waals surface area contributed by atoms with E-state index in [1.807, 2.05) is 49.4 Å². The molecule has 0 aliphatic carbocycles. The number of rotatable bonds is 6. The normalized spacial score (nSPS) is 11.9. The Hall–Kier alpha value is -3.02. The van der Waals surface area contributed by atoms with Crippen LogP contribution in [0, 0.1) is 0 Å². The van der Waals surface area contributed by atoms with E-state index < -0.39 is 0 Å². The fraction of sp³-hybridized carbons (Fsp3) is 0.222. The smallest absolute Gasteiger partial charge is 0.259 e. The first-order valence-corrected chi connectivity index (χ1v) is 7.79. The number of pyridine rings is 1. The van der Waals surface area contributed by atoms with Crippen molar-refractivity contribution in [2.24, 2.45) is 0 Å². The van der Waals surface area contributed by atoms with Crippen molar-refractivity contribution < 1.29 is 9.32 Å². The van der Waals surface area contributed by atoms with Crippen LogP contribution >= 0.6 is 0 Å². The summed E-state index contributed by atoms with van der Waals surface area (Å²) >= 11 is 0. The molecular formula is C18H18N4O2. The Labute approximate surface area is 139 Å². The van der Waals surface area contributed by atoms with E-state index in [0.717, 1.165) is 11.1 Å². The van der Waals surface area contributed by atoms with E-state index in [2.05, 4.69) is 20.4 Å². The summed E-state index contributed by atoms with van der Waals surface area (Å²) in [6.07, 6.45) is 3.86. The molecule has 3 rings (SSSR count). The molecule has 1 aromatic carbocycles. The van der Waals surface area contributed by atoms with Gasteiger partial charge in [-0.3, -0.25) is 9.78 Å². The van der Waals surface area contributed by atoms with Gasteiger partial charge in [-0.1, -0.05) is 35.5 Å². The fourth-order valence-corrected chi connectivity index (χ4v) is 2.31. The number of nitrogens with zero attached hydrogens (tertiary/aromatic N) is 3. The molecule has 1 atom stereocenters. The number of benzene rings is 1. The Balaban J connectivity index is 1.52. The first kappa shape index (κ1) is 15.9. The number of carbonyl (C=O) groups is 1. The van der Waals surface area contributed by atoms with Gasteiger partial charge in [-0.25, -0.2) is 0 Å². The van der Waals surface area contributed by atoms with Gasteiger partial charge in [0.1, 0.15) is 0 Å². The minimum atomic E-state index is -0.192. The van der Waals surface area contributed by atoms with E-state index >= 15 is 0 Å². The van der Waals surface area contributed by atoms with Gasteiger partial charge in [0.25, 0.3) is 5.89 Å². The molecule has 0 aliphatic rings. The lowest BCUT2D eigenvalue weighted by Crippen LogP contribution is -2.30. The van der Waals surface area contributed by atoms with Crippen LogP contribution in [0.5, 0.6) is 0 Å². The number of hydrogen-bond acceptors (Lipinski definition) is 5. The van der Waals surface area contributed by atoms with E-state index in [4.69, 9.17) is 4.52 Å². The lowest BCUT2D eigenvalue weighted by Gasteiger charge is -2.11. The lowest BCUT2D eigenvalue weighted by atomic mass is 10.0. The minimum absolute atomic E-state index is 0.0165. The van der Waals surface area contributed by atoms with Gasteiger partial charge < -0.3 is 9.84 Å². The molecule has 0 fully saturated rings. The van der Waals surface area contributed by atoms with Crippen LogP contribution in [-0.4, -0.2) is 27.6 Å². The molecule has 2 aromatic heterocycles. The van der Waals surface area contributed by atoms with Crippen molar-refractivity contribution >= 4 is 5.91 Å². The number of aromatic nitrogens is 3. The second-order valence-corrected chi connectivity index (χ2v) is 5.43. The molecule has 6 nitrogen and oxygen atoms in total. The van der Waals surface area contributed by atoms with Crippen molar-refractivity contribution in [2.45, 2.75) is 19.3 Å². The number of amides is 1. The molecule has 3 aromatic rings. The van der Waals surface area contributed by atoms with E-state index in [1.165, 1.54) is 0 Å². The molecule has 122 valence electrons. The van der Waals surface area contributed by atoms with Gasteiger partial charge in [0.2, 0.25) is 5.91 Å². The minimum Gasteiger partial charge on any atom is -0.355 e. The zero-order valence-electron chi connectivity index (χ0n) is 13.3. The van der Waals surface area contributed by atoms with Crippen molar-refractivity contribution in [2.75, 3.05) is 6.54 Å². The van der Waals surface area contributed by atoms with Crippen molar-refractivity contribution in [3.8, 4) is 11.5 Å². The van der Waals surface area contributed by atoms with Crippen LogP contribution in [0.1, 0.15) is 24.2 Å². The van der Waals surface area contributed by atoms with Crippen molar-refractivity contribution in [3.63, 3.8) is 0 Å². The summed E-state index contributed by atoms with van der Waals surface area (Å²) in [7, 11) is 0. The van der Waals surface area contributed by atoms with Crippen LogP contribution in [0.2, 0.25) is 0 Å². The largest absolute Gasteiger partial charge is 0.355 e. The highest BCUT2D eigenvalue weighted by Gasteiger charge is 2.15. The third kappa shape index (κ3) is 3.84. The molecule has 0 spiro atoms. The molecule has 0 aliphatic heterocycles. The number of nitrogens with one attached hydrogen (secondary N) is 1. The molecule has 6 heteroatoms. The van der Waals surface area contributed by atoms with Crippen LogP contribution < -0.4 is 5.32 Å². The highest BCUT2D eigenvalue weighted by atomic mass is 16.5. The average Bonchev–Trinajstić information content (AvgIpc) is 3.11. The topological polar surface area (TPSA) is 80.9 Å². The Bertz CT molecular complexity index is 787. The summed E-state index contributed by atoms with van der Waals surface area (Å²) in [5.41, 5.74) is 1.77. The summed E-state index contributed by atoms with van der Waals surface area (Å²) in [5, 5.41) is 6.83. The van der Waals surface area contributed by atoms with Gasteiger partial charge in [0.15, 0.2) is 5.82 Å². The third-order valence-electron chi connectivity index (χ3n) is 3.72. The molecule has 0 saturated heterocycles. The molecule has 2 heterocycles. The third-order valence-corrected chi connectivity index (χ3v) is 3.72. The van der Waals surface area contributed by atoms with E-state index in [1.54, 1.807) is 12.4 Å². The fourth-order valence-electron chi connectivity index (χ4n) is 2.31. The van der Waals surface area contributed by atoms with Gasteiger partial charge in [-0.15, -0.1) is 0 Å². The standard InChI is InChI=1S/C18H18N4O2/c1-13(14-6-3-2-4-7-14)17(23)20-11-9-16-21-18(24-22-16)15-8-5-10-19-12-15/h2-8,10,12-13H,9,11H2,1H3,(H,20,23). The van der Waals surface area contributed by atoms with Gasteiger partial charge >= 0.3 is 0 Å². The first-order valence-electron chi connectivity index (χ1n) is 7.79. The summed E-state index contributed by atoms with van der Waals surface area (Å²) in [5.74, 6) is 0.781. The zero-order valence-corrected chi connectivity index (χ0v) is 13.3. The Morgan fingerprint density at radius 2 is 2.04 bits per heavy atom. The zero-order chi connectivity index (χ0) is 16.8. The van der Waals surface area contributed by atoms with Gasteiger partial charge in [-0.2, -0.15) is 4.98 Å². The Morgan fingerprint density at radius 1 is 1.21 bits per heavy atom. The maximum absolute atomic E-state index is 12.2. The SMILES string of the molecule is CC(C(=O)NCCc1noc(-c2cccnc2)n1)c1ccccc1. The van der Waals surface area contributed by atoms with Crippen LogP contribution in [0.15, 0.2) is 59.4 Å². The predicted octanol–water partition coefficient (Wildman–Crippen LogP) is 2.59. The van der Waals surface area contributed by atoms with E-state index in [9.17, 15) is 4.79 Å². The van der Waals surface area contributed by atoms with Crippen LogP contribution in [0.3, 0.4) is 0 Å². The Kier molecular flexibility index (Phi) is 4.96. The second-order valence-electron chi connectivity index (χ2n) is 5.43. The monoisotopic (exact) mass is 322 g/mol. The highest BCUT2D eigenvalue weighted by Crippen LogP contribution is 2.16. The lowest BCUT2D eigenvalue weighted by molar-refractivity contribution is -0.122. The summed E-state index contributed by atoms with van der Waals surface area (Å²) in [6, 6.07) is 13.4. The van der Waals surface area contributed by atoms with Crippen LogP contribution in [0.4, 0.5) is 0 Å². The van der Waals surface area contributed by atoms with Crippen molar-refractivity contribution in [3.05, 3.63) is 66.2 Å². The first-order chi connectivity index (χ1) is 11.7.